The van der Waals surface area contributed by atoms with Gasteiger partial charge in [0.1, 0.15) is 12.1 Å². The van der Waals surface area contributed by atoms with Gasteiger partial charge in [0, 0.05) is 25.8 Å². The quantitative estimate of drug-likeness (QED) is 0.723. The van der Waals surface area contributed by atoms with Crippen molar-refractivity contribution in [1.82, 2.24) is 14.3 Å². The highest BCUT2D eigenvalue weighted by Crippen LogP contribution is 2.01. The van der Waals surface area contributed by atoms with E-state index in [2.05, 4.69) is 15.3 Å². The van der Waals surface area contributed by atoms with Gasteiger partial charge in [-0.3, -0.25) is 0 Å². The van der Waals surface area contributed by atoms with Crippen LogP contribution in [0.15, 0.2) is 18.6 Å². The molecule has 1 N–H and O–H groups in total. The van der Waals surface area contributed by atoms with Crippen molar-refractivity contribution in [2.75, 3.05) is 31.2 Å². The second kappa shape index (κ2) is 6.51. The van der Waals surface area contributed by atoms with E-state index >= 15 is 0 Å². The van der Waals surface area contributed by atoms with Crippen molar-refractivity contribution in [2.24, 2.45) is 0 Å². The highest BCUT2D eigenvalue weighted by molar-refractivity contribution is 7.88. The lowest BCUT2D eigenvalue weighted by Gasteiger charge is -2.17. The molecular formula is C10H18N4O2S. The minimum atomic E-state index is -3.08. The van der Waals surface area contributed by atoms with Crippen LogP contribution in [0.25, 0.3) is 0 Å². The van der Waals surface area contributed by atoms with E-state index in [9.17, 15) is 8.42 Å². The number of sulfonamides is 1. The van der Waals surface area contributed by atoms with Crippen LogP contribution in [0.1, 0.15) is 13.3 Å². The van der Waals surface area contributed by atoms with Gasteiger partial charge in [0.15, 0.2) is 0 Å². The summed E-state index contributed by atoms with van der Waals surface area (Å²) < 4.78 is 24.1. The van der Waals surface area contributed by atoms with Crippen LogP contribution in [0.4, 0.5) is 5.82 Å². The van der Waals surface area contributed by atoms with Gasteiger partial charge < -0.3 is 5.32 Å². The second-order valence-electron chi connectivity index (χ2n) is 3.63. The number of rotatable bonds is 7. The number of nitrogens with zero attached hydrogens (tertiary/aromatic N) is 3. The van der Waals surface area contributed by atoms with Crippen LogP contribution in [0.2, 0.25) is 0 Å². The van der Waals surface area contributed by atoms with E-state index in [-0.39, 0.29) is 0 Å². The van der Waals surface area contributed by atoms with Crippen molar-refractivity contribution >= 4 is 15.8 Å². The fraction of sp³-hybridized carbons (Fsp3) is 0.600. The molecule has 0 atom stereocenters. The number of hydrogen-bond donors (Lipinski definition) is 1. The second-order valence-corrected chi connectivity index (χ2v) is 5.61. The maximum atomic E-state index is 11.3. The molecule has 0 fully saturated rings. The first-order chi connectivity index (χ1) is 8.04. The zero-order valence-corrected chi connectivity index (χ0v) is 10.9. The molecule has 1 aromatic rings. The molecule has 96 valence electrons. The van der Waals surface area contributed by atoms with Gasteiger partial charge in [0.25, 0.3) is 0 Å². The number of aromatic nitrogens is 2. The minimum Gasteiger partial charge on any atom is -0.370 e. The molecular weight excluding hydrogens is 240 g/mol. The highest BCUT2D eigenvalue weighted by atomic mass is 32.2. The Morgan fingerprint density at radius 1 is 1.47 bits per heavy atom. The molecule has 1 aromatic heterocycles. The van der Waals surface area contributed by atoms with Gasteiger partial charge in [0.05, 0.1) is 6.26 Å². The van der Waals surface area contributed by atoms with E-state index in [4.69, 9.17) is 0 Å². The van der Waals surface area contributed by atoms with Crippen LogP contribution < -0.4 is 5.32 Å². The SMILES string of the molecule is CCN(CCCNc1ccncn1)S(C)(=O)=O. The van der Waals surface area contributed by atoms with Crippen LogP contribution in [0, 0.1) is 0 Å². The maximum absolute atomic E-state index is 11.3. The van der Waals surface area contributed by atoms with Crippen molar-refractivity contribution in [2.45, 2.75) is 13.3 Å². The number of hydrogen-bond acceptors (Lipinski definition) is 5. The Labute approximate surface area is 102 Å². The Hall–Kier alpha value is -1.21. The largest absolute Gasteiger partial charge is 0.370 e. The van der Waals surface area contributed by atoms with E-state index < -0.39 is 10.0 Å². The van der Waals surface area contributed by atoms with Crippen molar-refractivity contribution in [3.63, 3.8) is 0 Å². The van der Waals surface area contributed by atoms with E-state index in [1.807, 2.05) is 6.92 Å². The molecule has 7 heteroatoms. The Morgan fingerprint density at radius 2 is 2.24 bits per heavy atom. The fourth-order valence-electron chi connectivity index (χ4n) is 1.43. The first kappa shape index (κ1) is 13.9. The van der Waals surface area contributed by atoms with Gasteiger partial charge in [0.2, 0.25) is 10.0 Å². The molecule has 0 bridgehead atoms. The monoisotopic (exact) mass is 258 g/mol. The van der Waals surface area contributed by atoms with E-state index in [0.29, 0.717) is 19.6 Å². The zero-order valence-electron chi connectivity index (χ0n) is 10.1. The molecule has 1 rings (SSSR count). The lowest BCUT2D eigenvalue weighted by atomic mass is 10.4. The predicted molar refractivity (Wildman–Crippen MR) is 67.2 cm³/mol. The standard InChI is InChI=1S/C10H18N4O2S/c1-3-14(17(2,15)16)8-4-6-12-10-5-7-11-9-13-10/h5,7,9H,3-4,6,8H2,1-2H3,(H,11,12,13). The van der Waals surface area contributed by atoms with Crippen LogP contribution in [-0.4, -0.2) is 48.6 Å². The number of nitrogens with one attached hydrogen (secondary N) is 1. The molecule has 0 aliphatic rings. The van der Waals surface area contributed by atoms with Gasteiger partial charge in [-0.05, 0) is 12.5 Å². The molecule has 1 heterocycles. The van der Waals surface area contributed by atoms with Crippen molar-refractivity contribution in [3.05, 3.63) is 18.6 Å². The lowest BCUT2D eigenvalue weighted by molar-refractivity contribution is 0.428. The Morgan fingerprint density at radius 3 is 2.76 bits per heavy atom. The van der Waals surface area contributed by atoms with Crippen molar-refractivity contribution < 1.29 is 8.42 Å². The lowest BCUT2D eigenvalue weighted by Crippen LogP contribution is -2.31. The summed E-state index contributed by atoms with van der Waals surface area (Å²) in [7, 11) is -3.08. The smallest absolute Gasteiger partial charge is 0.211 e. The average molecular weight is 258 g/mol. The summed E-state index contributed by atoms with van der Waals surface area (Å²) in [6, 6.07) is 1.77. The fourth-order valence-corrected chi connectivity index (χ4v) is 2.36. The van der Waals surface area contributed by atoms with Gasteiger partial charge in [-0.15, -0.1) is 0 Å². The topological polar surface area (TPSA) is 75.2 Å². The molecule has 0 saturated carbocycles. The van der Waals surface area contributed by atoms with E-state index in [0.717, 1.165) is 12.2 Å². The molecule has 0 spiro atoms. The van der Waals surface area contributed by atoms with Crippen LogP contribution in [0.3, 0.4) is 0 Å². The molecule has 6 nitrogen and oxygen atoms in total. The van der Waals surface area contributed by atoms with Crippen molar-refractivity contribution in [3.8, 4) is 0 Å². The minimum absolute atomic E-state index is 0.506. The summed E-state index contributed by atoms with van der Waals surface area (Å²) in [5.41, 5.74) is 0. The van der Waals surface area contributed by atoms with Crippen LogP contribution in [0.5, 0.6) is 0 Å². The third-order valence-corrected chi connectivity index (χ3v) is 3.67. The normalized spacial score (nSPS) is 11.7. The summed E-state index contributed by atoms with van der Waals surface area (Å²) in [5, 5.41) is 3.10. The summed E-state index contributed by atoms with van der Waals surface area (Å²) in [4.78, 5) is 7.82. The summed E-state index contributed by atoms with van der Waals surface area (Å²) >= 11 is 0. The first-order valence-electron chi connectivity index (χ1n) is 5.49. The maximum Gasteiger partial charge on any atom is 0.211 e. The molecule has 0 radical (unpaired) electrons. The first-order valence-corrected chi connectivity index (χ1v) is 7.34. The summed E-state index contributed by atoms with van der Waals surface area (Å²) in [6.07, 6.45) is 5.10. The average Bonchev–Trinajstić information content (AvgIpc) is 2.28. The van der Waals surface area contributed by atoms with Crippen molar-refractivity contribution in [1.29, 1.82) is 0 Å². The Balaban J connectivity index is 2.29. The van der Waals surface area contributed by atoms with Gasteiger partial charge >= 0.3 is 0 Å². The zero-order chi connectivity index (χ0) is 12.7. The van der Waals surface area contributed by atoms with E-state index in [1.54, 1.807) is 12.3 Å². The number of anilines is 1. The summed E-state index contributed by atoms with van der Waals surface area (Å²) in [6.45, 7) is 3.54. The predicted octanol–water partition coefficient (Wildman–Crippen LogP) is 0.560. The highest BCUT2D eigenvalue weighted by Gasteiger charge is 2.12. The van der Waals surface area contributed by atoms with E-state index in [1.165, 1.54) is 16.9 Å². The van der Waals surface area contributed by atoms with Crippen LogP contribution >= 0.6 is 0 Å². The van der Waals surface area contributed by atoms with Crippen LogP contribution in [-0.2, 0) is 10.0 Å². The van der Waals surface area contributed by atoms with Gasteiger partial charge in [-0.2, -0.15) is 0 Å². The van der Waals surface area contributed by atoms with Gasteiger partial charge in [-0.25, -0.2) is 22.7 Å². The molecule has 0 aromatic carbocycles. The third-order valence-electron chi connectivity index (χ3n) is 2.29. The molecule has 0 saturated heterocycles. The molecule has 0 aliphatic carbocycles. The molecule has 0 unspecified atom stereocenters. The molecule has 0 amide bonds. The Kier molecular flexibility index (Phi) is 5.30. The summed E-state index contributed by atoms with van der Waals surface area (Å²) in [5.74, 6) is 0.752. The Bertz CT molecular complexity index is 421. The molecule has 0 aliphatic heterocycles. The van der Waals surface area contributed by atoms with Gasteiger partial charge in [-0.1, -0.05) is 6.92 Å². The molecule has 17 heavy (non-hydrogen) atoms. The third kappa shape index (κ3) is 5.10.